The van der Waals surface area contributed by atoms with Crippen molar-refractivity contribution in [2.45, 2.75) is 24.9 Å². The Bertz CT molecular complexity index is 1280. The summed E-state index contributed by atoms with van der Waals surface area (Å²) in [5.74, 6) is -0.133. The second kappa shape index (κ2) is 7.79. The minimum absolute atomic E-state index is 0.0237. The molecule has 2 heterocycles. The molecule has 3 N–H and O–H groups in total. The van der Waals surface area contributed by atoms with Crippen LogP contribution in [-0.2, 0) is 0 Å². The highest BCUT2D eigenvalue weighted by Crippen LogP contribution is 2.30. The van der Waals surface area contributed by atoms with Crippen LogP contribution >= 0.6 is 11.3 Å². The maximum Gasteiger partial charge on any atom is 0.251 e. The van der Waals surface area contributed by atoms with Crippen molar-refractivity contribution in [3.63, 3.8) is 0 Å². The number of thiazole rings is 1. The van der Waals surface area contributed by atoms with Gasteiger partial charge in [-0.25, -0.2) is 4.98 Å². The van der Waals surface area contributed by atoms with Crippen molar-refractivity contribution in [3.05, 3.63) is 59.8 Å². The number of rotatable bonds is 5. The molecule has 31 heavy (non-hydrogen) atoms. The number of benzene rings is 2. The SMILES string of the molecule is CNC(=O)c1ccc(-c2cn3c(n2)sc2cc(C(=O)NC4CC(NC)C4)ccc23)cc1. The average Bonchev–Trinajstić information content (AvgIpc) is 3.32. The summed E-state index contributed by atoms with van der Waals surface area (Å²) in [4.78, 5) is 29.9. The molecule has 0 atom stereocenters. The summed E-state index contributed by atoms with van der Waals surface area (Å²) < 4.78 is 3.08. The van der Waals surface area contributed by atoms with Crippen LogP contribution in [0.3, 0.4) is 0 Å². The lowest BCUT2D eigenvalue weighted by Crippen LogP contribution is -2.51. The maximum absolute atomic E-state index is 12.6. The summed E-state index contributed by atoms with van der Waals surface area (Å²) >= 11 is 1.56. The van der Waals surface area contributed by atoms with Crippen LogP contribution in [0, 0.1) is 0 Å². The van der Waals surface area contributed by atoms with Crippen LogP contribution < -0.4 is 16.0 Å². The van der Waals surface area contributed by atoms with Crippen LogP contribution in [0.2, 0.25) is 0 Å². The van der Waals surface area contributed by atoms with Crippen LogP contribution in [0.5, 0.6) is 0 Å². The Morgan fingerprint density at radius 1 is 1.00 bits per heavy atom. The molecule has 4 aromatic rings. The van der Waals surface area contributed by atoms with Crippen LogP contribution in [0.15, 0.2) is 48.7 Å². The van der Waals surface area contributed by atoms with Crippen molar-refractivity contribution < 1.29 is 9.59 Å². The van der Waals surface area contributed by atoms with Crippen LogP contribution in [0.1, 0.15) is 33.6 Å². The number of fused-ring (bicyclic) bond motifs is 3. The zero-order valence-corrected chi connectivity index (χ0v) is 18.1. The van der Waals surface area contributed by atoms with Gasteiger partial charge in [0.2, 0.25) is 0 Å². The molecule has 0 spiro atoms. The van der Waals surface area contributed by atoms with Crippen molar-refractivity contribution in [1.82, 2.24) is 25.3 Å². The quantitative estimate of drug-likeness (QED) is 0.451. The van der Waals surface area contributed by atoms with Gasteiger partial charge >= 0.3 is 0 Å². The zero-order chi connectivity index (χ0) is 21.5. The summed E-state index contributed by atoms with van der Waals surface area (Å²) in [5, 5.41) is 8.96. The summed E-state index contributed by atoms with van der Waals surface area (Å²) in [6, 6.07) is 13.9. The number of amides is 2. The molecule has 158 valence electrons. The smallest absolute Gasteiger partial charge is 0.251 e. The number of carbonyl (C=O) groups excluding carboxylic acids is 2. The number of nitrogens with zero attached hydrogens (tertiary/aromatic N) is 2. The third kappa shape index (κ3) is 3.58. The number of hydrogen-bond acceptors (Lipinski definition) is 5. The first kappa shape index (κ1) is 19.7. The van der Waals surface area contributed by atoms with Gasteiger partial charge in [-0.15, -0.1) is 0 Å². The molecule has 0 bridgehead atoms. The van der Waals surface area contributed by atoms with Gasteiger partial charge in [0.05, 0.1) is 15.9 Å². The monoisotopic (exact) mass is 433 g/mol. The Balaban J connectivity index is 1.38. The van der Waals surface area contributed by atoms with Gasteiger partial charge in [-0.05, 0) is 50.2 Å². The minimum atomic E-state index is -0.109. The fourth-order valence-corrected chi connectivity index (χ4v) is 5.01. The molecule has 1 aliphatic carbocycles. The van der Waals surface area contributed by atoms with Gasteiger partial charge in [0.15, 0.2) is 4.96 Å². The van der Waals surface area contributed by atoms with Gasteiger partial charge in [-0.1, -0.05) is 23.5 Å². The summed E-state index contributed by atoms with van der Waals surface area (Å²) in [6.07, 6.45) is 3.95. The van der Waals surface area contributed by atoms with E-state index in [-0.39, 0.29) is 17.9 Å². The number of imidazole rings is 1. The molecule has 0 radical (unpaired) electrons. The number of nitrogens with one attached hydrogen (secondary N) is 3. The van der Waals surface area contributed by atoms with Gasteiger partial charge in [0.1, 0.15) is 0 Å². The Morgan fingerprint density at radius 3 is 2.45 bits per heavy atom. The highest BCUT2D eigenvalue weighted by atomic mass is 32.1. The standard InChI is InChI=1S/C23H23N5O2S/c1-24-16-10-17(11-16)26-22(30)15-7-8-19-20(9-15)31-23-27-18(12-28(19)23)13-3-5-14(6-4-13)21(29)25-2/h3-9,12,16-17,24H,10-11H2,1-2H3,(H,25,29)(H,26,30). The lowest BCUT2D eigenvalue weighted by Gasteiger charge is -2.35. The fraction of sp³-hybridized carbons (Fsp3) is 0.261. The zero-order valence-electron chi connectivity index (χ0n) is 17.3. The third-order valence-corrected chi connectivity index (χ3v) is 6.93. The molecule has 2 aromatic heterocycles. The van der Waals surface area contributed by atoms with Gasteiger partial charge in [0, 0.05) is 42.0 Å². The second-order valence-electron chi connectivity index (χ2n) is 7.85. The first-order chi connectivity index (χ1) is 15.1. The van der Waals surface area contributed by atoms with E-state index in [1.165, 1.54) is 0 Å². The molecule has 8 heteroatoms. The molecular formula is C23H23N5O2S. The molecule has 0 aliphatic heterocycles. The summed E-state index contributed by atoms with van der Waals surface area (Å²) in [5.41, 5.74) is 4.12. The Hall–Kier alpha value is -3.23. The summed E-state index contributed by atoms with van der Waals surface area (Å²) in [7, 11) is 3.57. The molecule has 0 unspecified atom stereocenters. The lowest BCUT2D eigenvalue weighted by atomic mass is 9.87. The Morgan fingerprint density at radius 2 is 1.74 bits per heavy atom. The van der Waals surface area contributed by atoms with E-state index in [0.717, 1.165) is 39.3 Å². The van der Waals surface area contributed by atoms with Crippen molar-refractivity contribution in [3.8, 4) is 11.3 Å². The normalized spacial score (nSPS) is 18.1. The van der Waals surface area contributed by atoms with E-state index in [1.807, 2.05) is 48.0 Å². The van der Waals surface area contributed by atoms with E-state index >= 15 is 0 Å². The second-order valence-corrected chi connectivity index (χ2v) is 8.86. The number of carbonyl (C=O) groups is 2. The molecule has 7 nitrogen and oxygen atoms in total. The molecule has 2 aromatic carbocycles. The highest BCUT2D eigenvalue weighted by molar-refractivity contribution is 7.23. The van der Waals surface area contributed by atoms with E-state index in [4.69, 9.17) is 4.98 Å². The lowest BCUT2D eigenvalue weighted by molar-refractivity contribution is 0.0903. The average molecular weight is 434 g/mol. The minimum Gasteiger partial charge on any atom is -0.355 e. The van der Waals surface area contributed by atoms with Gasteiger partial charge < -0.3 is 16.0 Å². The Kier molecular flexibility index (Phi) is 4.95. The van der Waals surface area contributed by atoms with Crippen molar-refractivity contribution in [2.75, 3.05) is 14.1 Å². The molecule has 1 aliphatic rings. The van der Waals surface area contributed by atoms with Crippen LogP contribution in [0.25, 0.3) is 26.4 Å². The van der Waals surface area contributed by atoms with E-state index < -0.39 is 0 Å². The van der Waals surface area contributed by atoms with E-state index in [9.17, 15) is 9.59 Å². The first-order valence-corrected chi connectivity index (χ1v) is 11.1. The highest BCUT2D eigenvalue weighted by Gasteiger charge is 2.29. The third-order valence-electron chi connectivity index (χ3n) is 5.91. The molecule has 1 saturated carbocycles. The summed E-state index contributed by atoms with van der Waals surface area (Å²) in [6.45, 7) is 0. The molecule has 0 saturated heterocycles. The predicted molar refractivity (Wildman–Crippen MR) is 123 cm³/mol. The largest absolute Gasteiger partial charge is 0.355 e. The first-order valence-electron chi connectivity index (χ1n) is 10.3. The van der Waals surface area contributed by atoms with E-state index in [0.29, 0.717) is 17.2 Å². The van der Waals surface area contributed by atoms with Crippen molar-refractivity contribution >= 4 is 38.3 Å². The Labute approximate surface area is 183 Å². The fourth-order valence-electron chi connectivity index (χ4n) is 3.96. The molecule has 5 rings (SSSR count). The molecular weight excluding hydrogens is 410 g/mol. The van der Waals surface area contributed by atoms with Crippen molar-refractivity contribution in [2.24, 2.45) is 0 Å². The predicted octanol–water partition coefficient (Wildman–Crippen LogP) is 3.06. The van der Waals surface area contributed by atoms with Crippen LogP contribution in [0.4, 0.5) is 0 Å². The molecule has 2 amide bonds. The van der Waals surface area contributed by atoms with Gasteiger partial charge in [-0.2, -0.15) is 0 Å². The number of hydrogen-bond donors (Lipinski definition) is 3. The number of aromatic nitrogens is 2. The van der Waals surface area contributed by atoms with Gasteiger partial charge in [-0.3, -0.25) is 14.0 Å². The maximum atomic E-state index is 12.6. The topological polar surface area (TPSA) is 87.5 Å². The van der Waals surface area contributed by atoms with E-state index in [1.54, 1.807) is 30.5 Å². The van der Waals surface area contributed by atoms with E-state index in [2.05, 4.69) is 16.0 Å². The van der Waals surface area contributed by atoms with Crippen LogP contribution in [-0.4, -0.2) is 47.4 Å². The van der Waals surface area contributed by atoms with Crippen molar-refractivity contribution in [1.29, 1.82) is 0 Å². The molecule has 1 fully saturated rings. The van der Waals surface area contributed by atoms with Gasteiger partial charge in [0.25, 0.3) is 11.8 Å².